The van der Waals surface area contributed by atoms with Gasteiger partial charge >= 0.3 is 5.97 Å². The Morgan fingerprint density at radius 3 is 2.26 bits per heavy atom. The minimum absolute atomic E-state index is 0.128. The monoisotopic (exact) mass is 335 g/mol. The van der Waals surface area contributed by atoms with Gasteiger partial charge in [-0.05, 0) is 19.1 Å². The summed E-state index contributed by atoms with van der Waals surface area (Å²) in [5.74, 6) is -3.52. The van der Waals surface area contributed by atoms with Crippen molar-refractivity contribution < 1.29 is 23.1 Å². The Morgan fingerprint density at radius 2 is 1.84 bits per heavy atom. The molecule has 0 radical (unpaired) electrons. The predicted octanol–water partition coefficient (Wildman–Crippen LogP) is 2.36. The number of halogens is 3. The number of rotatable bonds is 4. The van der Waals surface area contributed by atoms with Crippen LogP contribution in [0.4, 0.5) is 8.78 Å². The molecular weight excluding hydrogens is 324 g/mol. The van der Waals surface area contributed by atoms with E-state index in [-0.39, 0.29) is 17.6 Å². The summed E-state index contributed by atoms with van der Waals surface area (Å²) in [6.07, 6.45) is 0. The van der Waals surface area contributed by atoms with E-state index in [1.807, 2.05) is 0 Å². The lowest BCUT2D eigenvalue weighted by Gasteiger charge is -2.20. The van der Waals surface area contributed by atoms with Crippen molar-refractivity contribution in [1.82, 2.24) is 4.90 Å². The van der Waals surface area contributed by atoms with E-state index in [1.54, 1.807) is 6.92 Å². The molecule has 0 bridgehead atoms. The quantitative estimate of drug-likeness (QED) is 0.793. The van der Waals surface area contributed by atoms with E-state index in [4.69, 9.17) is 0 Å². The molecule has 0 heterocycles. The number of esters is 1. The lowest BCUT2D eigenvalue weighted by Crippen LogP contribution is -2.37. The average molecular weight is 336 g/mol. The number of carbonyl (C=O) groups is 2. The zero-order valence-corrected chi connectivity index (χ0v) is 12.0. The third-order valence-electron chi connectivity index (χ3n) is 2.44. The fraction of sp³-hybridized carbons (Fsp3) is 0.333. The van der Waals surface area contributed by atoms with Gasteiger partial charge in [0.15, 0.2) is 0 Å². The number of nitrogens with zero attached hydrogens (tertiary/aromatic N) is 1. The van der Waals surface area contributed by atoms with Crippen LogP contribution >= 0.6 is 15.9 Å². The number of benzene rings is 1. The molecule has 1 aromatic carbocycles. The molecule has 0 saturated heterocycles. The Balaban J connectivity index is 3.07. The van der Waals surface area contributed by atoms with Crippen LogP contribution in [0.1, 0.15) is 17.3 Å². The van der Waals surface area contributed by atoms with E-state index in [2.05, 4.69) is 20.7 Å². The summed E-state index contributed by atoms with van der Waals surface area (Å²) < 4.78 is 31.9. The molecule has 19 heavy (non-hydrogen) atoms. The highest BCUT2D eigenvalue weighted by molar-refractivity contribution is 9.10. The van der Waals surface area contributed by atoms with Crippen LogP contribution in [-0.2, 0) is 9.53 Å². The molecule has 1 aromatic rings. The van der Waals surface area contributed by atoms with Gasteiger partial charge in [0.05, 0.1) is 7.11 Å². The van der Waals surface area contributed by atoms with Crippen molar-refractivity contribution in [2.24, 2.45) is 0 Å². The molecule has 0 atom stereocenters. The first kappa shape index (κ1) is 15.6. The molecular formula is C12H12BrF2NO3. The van der Waals surface area contributed by atoms with Crippen LogP contribution in [0.5, 0.6) is 0 Å². The molecule has 0 unspecified atom stereocenters. The van der Waals surface area contributed by atoms with Crippen molar-refractivity contribution in [3.8, 4) is 0 Å². The van der Waals surface area contributed by atoms with Crippen molar-refractivity contribution in [3.05, 3.63) is 33.8 Å². The molecule has 0 spiro atoms. The molecule has 0 aromatic heterocycles. The van der Waals surface area contributed by atoms with Gasteiger partial charge in [0.1, 0.15) is 23.7 Å². The van der Waals surface area contributed by atoms with Gasteiger partial charge in [-0.25, -0.2) is 8.78 Å². The Bertz CT molecular complexity index is 485. The van der Waals surface area contributed by atoms with Crippen LogP contribution in [0.25, 0.3) is 0 Å². The van der Waals surface area contributed by atoms with Crippen molar-refractivity contribution in [2.45, 2.75) is 6.92 Å². The topological polar surface area (TPSA) is 46.6 Å². The van der Waals surface area contributed by atoms with E-state index in [1.165, 1.54) is 7.11 Å². The van der Waals surface area contributed by atoms with Crippen LogP contribution in [0.3, 0.4) is 0 Å². The van der Waals surface area contributed by atoms with Crippen molar-refractivity contribution >= 4 is 27.8 Å². The average Bonchev–Trinajstić information content (AvgIpc) is 2.33. The fourth-order valence-electron chi connectivity index (χ4n) is 1.45. The van der Waals surface area contributed by atoms with Crippen molar-refractivity contribution in [3.63, 3.8) is 0 Å². The smallest absolute Gasteiger partial charge is 0.325 e. The second-order valence-electron chi connectivity index (χ2n) is 3.64. The van der Waals surface area contributed by atoms with Gasteiger partial charge in [-0.2, -0.15) is 0 Å². The minimum atomic E-state index is -0.986. The fourth-order valence-corrected chi connectivity index (χ4v) is 1.85. The van der Waals surface area contributed by atoms with Gasteiger partial charge in [0.2, 0.25) is 0 Å². The third kappa shape index (κ3) is 3.73. The maximum Gasteiger partial charge on any atom is 0.325 e. The Morgan fingerprint density at radius 1 is 1.32 bits per heavy atom. The van der Waals surface area contributed by atoms with E-state index in [9.17, 15) is 18.4 Å². The third-order valence-corrected chi connectivity index (χ3v) is 2.90. The van der Waals surface area contributed by atoms with Crippen LogP contribution < -0.4 is 0 Å². The standard InChI is InChI=1S/C12H12BrF2NO3/c1-3-16(6-10(17)19-2)12(18)11-8(14)4-7(13)5-9(11)15/h4-5H,3,6H2,1-2H3. The molecule has 104 valence electrons. The number of amides is 1. The molecule has 0 aliphatic heterocycles. The molecule has 1 amide bonds. The summed E-state index contributed by atoms with van der Waals surface area (Å²) >= 11 is 2.92. The highest BCUT2D eigenvalue weighted by Crippen LogP contribution is 2.20. The lowest BCUT2D eigenvalue weighted by molar-refractivity contribution is -0.141. The zero-order chi connectivity index (χ0) is 14.6. The van der Waals surface area contributed by atoms with E-state index in [0.717, 1.165) is 17.0 Å². The maximum absolute atomic E-state index is 13.6. The second-order valence-corrected chi connectivity index (χ2v) is 4.56. The van der Waals surface area contributed by atoms with E-state index >= 15 is 0 Å². The van der Waals surface area contributed by atoms with E-state index < -0.39 is 29.1 Å². The summed E-state index contributed by atoms with van der Waals surface area (Å²) in [7, 11) is 1.17. The first-order chi connectivity index (χ1) is 8.90. The van der Waals surface area contributed by atoms with Gasteiger partial charge in [-0.3, -0.25) is 9.59 Å². The summed E-state index contributed by atoms with van der Waals surface area (Å²) in [6, 6.07) is 1.98. The largest absolute Gasteiger partial charge is 0.468 e. The SMILES string of the molecule is CCN(CC(=O)OC)C(=O)c1c(F)cc(Br)cc1F. The molecule has 0 saturated carbocycles. The summed E-state index contributed by atoms with van der Waals surface area (Å²) in [4.78, 5) is 24.1. The molecule has 0 N–H and O–H groups in total. The Kier molecular flexibility index (Phi) is 5.41. The number of carbonyl (C=O) groups excluding carboxylic acids is 2. The zero-order valence-electron chi connectivity index (χ0n) is 10.4. The van der Waals surface area contributed by atoms with Crippen LogP contribution in [0, 0.1) is 11.6 Å². The van der Waals surface area contributed by atoms with Crippen molar-refractivity contribution in [2.75, 3.05) is 20.2 Å². The van der Waals surface area contributed by atoms with Crippen molar-refractivity contribution in [1.29, 1.82) is 0 Å². The lowest BCUT2D eigenvalue weighted by atomic mass is 10.1. The second kappa shape index (κ2) is 6.60. The van der Waals surface area contributed by atoms with Crippen LogP contribution in [0.15, 0.2) is 16.6 Å². The Hall–Kier alpha value is -1.50. The number of methoxy groups -OCH3 is 1. The molecule has 4 nitrogen and oxygen atoms in total. The van der Waals surface area contributed by atoms with Gasteiger partial charge in [-0.1, -0.05) is 15.9 Å². The van der Waals surface area contributed by atoms with E-state index in [0.29, 0.717) is 0 Å². The molecule has 0 fully saturated rings. The van der Waals surface area contributed by atoms with Crippen LogP contribution in [0.2, 0.25) is 0 Å². The molecule has 7 heteroatoms. The first-order valence-electron chi connectivity index (χ1n) is 5.41. The van der Waals surface area contributed by atoms with Crippen LogP contribution in [-0.4, -0.2) is 37.0 Å². The summed E-state index contributed by atoms with van der Waals surface area (Å²) in [5, 5.41) is 0. The predicted molar refractivity (Wildman–Crippen MR) is 67.7 cm³/mol. The van der Waals surface area contributed by atoms with Gasteiger partial charge in [0, 0.05) is 11.0 Å². The highest BCUT2D eigenvalue weighted by atomic mass is 79.9. The summed E-state index contributed by atoms with van der Waals surface area (Å²) in [6.45, 7) is 1.36. The number of hydrogen-bond donors (Lipinski definition) is 0. The van der Waals surface area contributed by atoms with Gasteiger partial charge in [0.25, 0.3) is 5.91 Å². The van der Waals surface area contributed by atoms with Gasteiger partial charge in [-0.15, -0.1) is 0 Å². The number of hydrogen-bond acceptors (Lipinski definition) is 3. The maximum atomic E-state index is 13.6. The highest BCUT2D eigenvalue weighted by Gasteiger charge is 2.24. The first-order valence-corrected chi connectivity index (χ1v) is 6.20. The minimum Gasteiger partial charge on any atom is -0.468 e. The number of ether oxygens (including phenoxy) is 1. The normalized spacial score (nSPS) is 10.2. The molecule has 0 aliphatic rings. The number of likely N-dealkylation sites (N-methyl/N-ethyl adjacent to an activating group) is 1. The molecule has 0 aliphatic carbocycles. The molecule has 1 rings (SSSR count). The van der Waals surface area contributed by atoms with Gasteiger partial charge < -0.3 is 9.64 Å². The summed E-state index contributed by atoms with van der Waals surface area (Å²) in [5.41, 5.74) is -0.686. The Labute approximate surface area is 117 Å².